The summed E-state index contributed by atoms with van der Waals surface area (Å²) < 4.78 is 5.50. The lowest BCUT2D eigenvalue weighted by Gasteiger charge is -2.05. The van der Waals surface area contributed by atoms with Crippen LogP contribution in [0, 0.1) is 11.3 Å². The first-order chi connectivity index (χ1) is 8.81. The lowest BCUT2D eigenvalue weighted by atomic mass is 10.1. The van der Waals surface area contributed by atoms with Gasteiger partial charge in [0.2, 0.25) is 5.88 Å². The molecule has 0 aliphatic carbocycles. The molecule has 0 amide bonds. The van der Waals surface area contributed by atoms with Crippen LogP contribution in [0.5, 0.6) is 11.6 Å². The summed E-state index contributed by atoms with van der Waals surface area (Å²) in [5.41, 5.74) is 6.90. The SMILES string of the molecule is N#Cc1cnc(Oc2ccc(CCN)cc2)cn1. The van der Waals surface area contributed by atoms with Gasteiger partial charge in [0, 0.05) is 0 Å². The van der Waals surface area contributed by atoms with Gasteiger partial charge in [-0.1, -0.05) is 12.1 Å². The van der Waals surface area contributed by atoms with Gasteiger partial charge in [0.1, 0.15) is 11.8 Å². The molecule has 2 rings (SSSR count). The van der Waals surface area contributed by atoms with Crippen molar-refractivity contribution in [3.05, 3.63) is 47.9 Å². The predicted octanol–water partition coefficient (Wildman–Crippen LogP) is 1.64. The van der Waals surface area contributed by atoms with Gasteiger partial charge in [0.15, 0.2) is 5.69 Å². The first-order valence-electron chi connectivity index (χ1n) is 5.51. The van der Waals surface area contributed by atoms with Crippen molar-refractivity contribution in [2.24, 2.45) is 5.73 Å². The van der Waals surface area contributed by atoms with Crippen molar-refractivity contribution in [3.63, 3.8) is 0 Å². The van der Waals surface area contributed by atoms with Gasteiger partial charge in [-0.2, -0.15) is 5.26 Å². The van der Waals surface area contributed by atoms with Gasteiger partial charge in [0.25, 0.3) is 0 Å². The molecule has 0 radical (unpaired) electrons. The zero-order chi connectivity index (χ0) is 12.8. The molecule has 0 unspecified atom stereocenters. The Bertz CT molecular complexity index is 543. The minimum atomic E-state index is 0.264. The number of nitrogens with zero attached hydrogens (tertiary/aromatic N) is 3. The average Bonchev–Trinajstić information content (AvgIpc) is 2.42. The topological polar surface area (TPSA) is 84.8 Å². The normalized spacial score (nSPS) is 9.78. The van der Waals surface area contributed by atoms with Crippen LogP contribution in [0.2, 0.25) is 0 Å². The number of hydrogen-bond acceptors (Lipinski definition) is 5. The molecule has 0 fully saturated rings. The van der Waals surface area contributed by atoms with Crippen LogP contribution in [-0.2, 0) is 6.42 Å². The van der Waals surface area contributed by atoms with E-state index < -0.39 is 0 Å². The molecular formula is C13H12N4O. The molecule has 1 aromatic heterocycles. The molecule has 1 aromatic carbocycles. The highest BCUT2D eigenvalue weighted by atomic mass is 16.5. The molecule has 0 spiro atoms. The summed E-state index contributed by atoms with van der Waals surface area (Å²) in [6.07, 6.45) is 3.64. The Morgan fingerprint density at radius 1 is 1.17 bits per heavy atom. The fourth-order valence-corrected chi connectivity index (χ4v) is 1.44. The number of nitriles is 1. The average molecular weight is 240 g/mol. The fourth-order valence-electron chi connectivity index (χ4n) is 1.44. The molecule has 2 N–H and O–H groups in total. The summed E-state index contributed by atoms with van der Waals surface area (Å²) in [6.45, 7) is 0.626. The van der Waals surface area contributed by atoms with Gasteiger partial charge in [-0.3, -0.25) is 0 Å². The van der Waals surface area contributed by atoms with Gasteiger partial charge < -0.3 is 10.5 Å². The van der Waals surface area contributed by atoms with Crippen LogP contribution in [0.4, 0.5) is 0 Å². The standard InChI is InChI=1S/C13H12N4O/c14-6-5-10-1-3-12(4-2-10)18-13-9-16-11(7-15)8-17-13/h1-4,8-9H,5-6,14H2. The molecule has 1 heterocycles. The minimum Gasteiger partial charge on any atom is -0.438 e. The summed E-state index contributed by atoms with van der Waals surface area (Å²) in [4.78, 5) is 7.85. The summed E-state index contributed by atoms with van der Waals surface area (Å²) in [5, 5.41) is 8.60. The molecule has 0 atom stereocenters. The molecule has 2 aromatic rings. The fraction of sp³-hybridized carbons (Fsp3) is 0.154. The van der Waals surface area contributed by atoms with Crippen LogP contribution < -0.4 is 10.5 Å². The molecule has 5 heteroatoms. The predicted molar refractivity (Wildman–Crippen MR) is 66.0 cm³/mol. The largest absolute Gasteiger partial charge is 0.438 e. The number of aromatic nitrogens is 2. The van der Waals surface area contributed by atoms with Crippen molar-refractivity contribution in [2.45, 2.75) is 6.42 Å². The van der Waals surface area contributed by atoms with E-state index in [1.807, 2.05) is 30.3 Å². The second-order valence-corrected chi connectivity index (χ2v) is 3.64. The van der Waals surface area contributed by atoms with Crippen LogP contribution in [0.25, 0.3) is 0 Å². The second-order valence-electron chi connectivity index (χ2n) is 3.64. The quantitative estimate of drug-likeness (QED) is 0.878. The van der Waals surface area contributed by atoms with Gasteiger partial charge in [0.05, 0.1) is 12.4 Å². The maximum Gasteiger partial charge on any atom is 0.237 e. The molecule has 90 valence electrons. The first kappa shape index (κ1) is 12.0. The maximum absolute atomic E-state index is 8.60. The molecule has 5 nitrogen and oxygen atoms in total. The van der Waals surface area contributed by atoms with Crippen molar-refractivity contribution in [3.8, 4) is 17.7 Å². The monoisotopic (exact) mass is 240 g/mol. The Hall–Kier alpha value is -2.45. The summed E-state index contributed by atoms with van der Waals surface area (Å²) >= 11 is 0. The van der Waals surface area contributed by atoms with Crippen molar-refractivity contribution in [1.29, 1.82) is 5.26 Å². The van der Waals surface area contributed by atoms with Gasteiger partial charge in [-0.25, -0.2) is 9.97 Å². The maximum atomic E-state index is 8.60. The summed E-state index contributed by atoms with van der Waals surface area (Å²) in [5.74, 6) is 1.04. The summed E-state index contributed by atoms with van der Waals surface area (Å²) in [7, 11) is 0. The van der Waals surface area contributed by atoms with Crippen LogP contribution >= 0.6 is 0 Å². The molecular weight excluding hydrogens is 228 g/mol. The molecule has 0 aliphatic heterocycles. The molecule has 0 saturated carbocycles. The lowest BCUT2D eigenvalue weighted by molar-refractivity contribution is 0.459. The van der Waals surface area contributed by atoms with E-state index in [0.717, 1.165) is 12.0 Å². The zero-order valence-electron chi connectivity index (χ0n) is 9.71. The van der Waals surface area contributed by atoms with E-state index in [-0.39, 0.29) is 5.69 Å². The van der Waals surface area contributed by atoms with Crippen LogP contribution in [0.1, 0.15) is 11.3 Å². The van der Waals surface area contributed by atoms with Crippen molar-refractivity contribution in [1.82, 2.24) is 9.97 Å². The van der Waals surface area contributed by atoms with Gasteiger partial charge >= 0.3 is 0 Å². The number of nitrogens with two attached hydrogens (primary N) is 1. The van der Waals surface area contributed by atoms with Crippen LogP contribution in [-0.4, -0.2) is 16.5 Å². The number of rotatable bonds is 4. The highest BCUT2D eigenvalue weighted by molar-refractivity contribution is 5.30. The minimum absolute atomic E-state index is 0.264. The van der Waals surface area contributed by atoms with Crippen LogP contribution in [0.15, 0.2) is 36.7 Å². The molecule has 0 aliphatic rings. The van der Waals surface area contributed by atoms with Crippen molar-refractivity contribution < 1.29 is 4.74 Å². The van der Waals surface area contributed by atoms with Crippen molar-refractivity contribution >= 4 is 0 Å². The lowest BCUT2D eigenvalue weighted by Crippen LogP contribution is -2.02. The Labute approximate surface area is 105 Å². The third-order valence-electron chi connectivity index (χ3n) is 2.32. The highest BCUT2D eigenvalue weighted by Crippen LogP contribution is 2.19. The number of benzene rings is 1. The number of ether oxygens (including phenoxy) is 1. The third-order valence-corrected chi connectivity index (χ3v) is 2.32. The molecule has 0 saturated heterocycles. The second kappa shape index (κ2) is 5.75. The Balaban J connectivity index is 2.06. The highest BCUT2D eigenvalue weighted by Gasteiger charge is 2.00. The van der Waals surface area contributed by atoms with Gasteiger partial charge in [-0.05, 0) is 30.7 Å². The van der Waals surface area contributed by atoms with E-state index >= 15 is 0 Å². The van der Waals surface area contributed by atoms with E-state index in [0.29, 0.717) is 18.2 Å². The van der Waals surface area contributed by atoms with Gasteiger partial charge in [-0.15, -0.1) is 0 Å². The smallest absolute Gasteiger partial charge is 0.237 e. The van der Waals surface area contributed by atoms with E-state index in [2.05, 4.69) is 9.97 Å². The Kier molecular flexibility index (Phi) is 3.84. The summed E-state index contributed by atoms with van der Waals surface area (Å²) in [6, 6.07) is 9.52. The Morgan fingerprint density at radius 3 is 2.50 bits per heavy atom. The van der Waals surface area contributed by atoms with E-state index in [1.165, 1.54) is 12.4 Å². The zero-order valence-corrected chi connectivity index (χ0v) is 9.71. The van der Waals surface area contributed by atoms with E-state index in [1.54, 1.807) is 0 Å². The third kappa shape index (κ3) is 3.03. The Morgan fingerprint density at radius 2 is 1.94 bits per heavy atom. The number of hydrogen-bond donors (Lipinski definition) is 1. The van der Waals surface area contributed by atoms with E-state index in [4.69, 9.17) is 15.7 Å². The molecule has 18 heavy (non-hydrogen) atoms. The first-order valence-corrected chi connectivity index (χ1v) is 5.51. The van der Waals surface area contributed by atoms with Crippen LogP contribution in [0.3, 0.4) is 0 Å². The van der Waals surface area contributed by atoms with Crippen molar-refractivity contribution in [2.75, 3.05) is 6.54 Å². The molecule has 0 bridgehead atoms. The van der Waals surface area contributed by atoms with E-state index in [9.17, 15) is 0 Å².